The maximum atomic E-state index is 13.1. The van der Waals surface area contributed by atoms with Crippen LogP contribution in [0, 0.1) is 6.92 Å². The molecular formula is C31H27ClN2O3. The molecule has 0 aromatic heterocycles. The van der Waals surface area contributed by atoms with E-state index in [9.17, 15) is 4.79 Å². The molecule has 4 aromatic rings. The Bertz CT molecular complexity index is 1550. The van der Waals surface area contributed by atoms with Gasteiger partial charge in [-0.2, -0.15) is 0 Å². The minimum Gasteiger partial charge on any atom is -0.456 e. The van der Waals surface area contributed by atoms with E-state index in [-0.39, 0.29) is 5.97 Å². The van der Waals surface area contributed by atoms with Gasteiger partial charge in [-0.15, -0.1) is 0 Å². The van der Waals surface area contributed by atoms with Crippen molar-refractivity contribution in [1.82, 2.24) is 0 Å². The summed E-state index contributed by atoms with van der Waals surface area (Å²) in [6.45, 7) is 8.00. The Morgan fingerprint density at radius 3 is 2.35 bits per heavy atom. The minimum absolute atomic E-state index is 0.339. The van der Waals surface area contributed by atoms with Crippen molar-refractivity contribution in [1.29, 1.82) is 0 Å². The van der Waals surface area contributed by atoms with E-state index in [1.54, 1.807) is 0 Å². The molecule has 0 aliphatic carbocycles. The lowest BCUT2D eigenvalue weighted by molar-refractivity contribution is 0.0224. The van der Waals surface area contributed by atoms with E-state index in [1.807, 2.05) is 79.7 Å². The van der Waals surface area contributed by atoms with Crippen LogP contribution in [0.5, 0.6) is 11.5 Å². The van der Waals surface area contributed by atoms with Crippen molar-refractivity contribution in [3.8, 4) is 11.5 Å². The predicted molar refractivity (Wildman–Crippen MR) is 148 cm³/mol. The number of hydrogen-bond acceptors (Lipinski definition) is 5. The third-order valence-electron chi connectivity index (χ3n) is 7.29. The molecule has 37 heavy (non-hydrogen) atoms. The average molecular weight is 511 g/mol. The summed E-state index contributed by atoms with van der Waals surface area (Å²) in [6, 6.07) is 25.3. The van der Waals surface area contributed by atoms with Gasteiger partial charge in [0.15, 0.2) is 5.60 Å². The lowest BCUT2D eigenvalue weighted by Gasteiger charge is -2.36. The van der Waals surface area contributed by atoms with Crippen LogP contribution in [0.4, 0.5) is 17.1 Å². The van der Waals surface area contributed by atoms with Crippen LogP contribution in [0.15, 0.2) is 78.9 Å². The van der Waals surface area contributed by atoms with Gasteiger partial charge in [-0.05, 0) is 68.8 Å². The Labute approximate surface area is 221 Å². The number of rotatable bonds is 5. The number of halogens is 1. The van der Waals surface area contributed by atoms with Crippen molar-refractivity contribution in [2.45, 2.75) is 26.4 Å². The second-order valence-corrected chi connectivity index (χ2v) is 9.75. The summed E-state index contributed by atoms with van der Waals surface area (Å²) in [7, 11) is 0. The molecule has 0 saturated heterocycles. The van der Waals surface area contributed by atoms with Gasteiger partial charge in [0, 0.05) is 41.2 Å². The molecule has 2 aliphatic rings. The fraction of sp³-hybridized carbons (Fsp3) is 0.194. The van der Waals surface area contributed by atoms with Gasteiger partial charge < -0.3 is 19.7 Å². The normalized spacial score (nSPS) is 16.9. The van der Waals surface area contributed by atoms with E-state index >= 15 is 0 Å². The number of nitrogens with one attached hydrogen (secondary N) is 1. The number of carbonyl (C=O) groups excluding carboxylic acids is 1. The number of nitrogens with zero attached hydrogens (tertiary/aromatic N) is 1. The molecule has 5 nitrogen and oxygen atoms in total. The molecule has 4 aromatic carbocycles. The Hall–Kier alpha value is -3.96. The van der Waals surface area contributed by atoms with Crippen molar-refractivity contribution in [3.05, 3.63) is 112 Å². The van der Waals surface area contributed by atoms with Gasteiger partial charge in [0.25, 0.3) is 0 Å². The average Bonchev–Trinajstić information content (AvgIpc) is 3.21. The van der Waals surface area contributed by atoms with Crippen molar-refractivity contribution < 1.29 is 14.3 Å². The fourth-order valence-corrected chi connectivity index (χ4v) is 5.79. The first-order valence-electron chi connectivity index (χ1n) is 12.5. The highest BCUT2D eigenvalue weighted by molar-refractivity contribution is 6.33. The smallest absolute Gasteiger partial charge is 0.340 e. The van der Waals surface area contributed by atoms with Crippen LogP contribution in [-0.4, -0.2) is 19.1 Å². The van der Waals surface area contributed by atoms with Gasteiger partial charge >= 0.3 is 5.97 Å². The highest BCUT2D eigenvalue weighted by atomic mass is 35.5. The lowest BCUT2D eigenvalue weighted by Crippen LogP contribution is -2.33. The Morgan fingerprint density at radius 1 is 0.865 bits per heavy atom. The first kappa shape index (κ1) is 23.4. The molecule has 1 atom stereocenters. The van der Waals surface area contributed by atoms with Crippen LogP contribution in [-0.2, 0) is 10.3 Å². The molecule has 2 heterocycles. The fourth-order valence-electron chi connectivity index (χ4n) is 5.46. The monoisotopic (exact) mass is 510 g/mol. The van der Waals surface area contributed by atoms with E-state index in [0.29, 0.717) is 17.1 Å². The van der Waals surface area contributed by atoms with Crippen LogP contribution < -0.4 is 15.0 Å². The minimum atomic E-state index is -1.09. The molecule has 6 rings (SSSR count). The summed E-state index contributed by atoms with van der Waals surface area (Å²) in [5.41, 5.74) is 5.74. The molecule has 2 aliphatic heterocycles. The van der Waals surface area contributed by atoms with Gasteiger partial charge in [0.05, 0.1) is 16.3 Å². The maximum Gasteiger partial charge on any atom is 0.340 e. The third kappa shape index (κ3) is 3.57. The first-order chi connectivity index (χ1) is 18.0. The van der Waals surface area contributed by atoms with Crippen LogP contribution in [0.3, 0.4) is 0 Å². The predicted octanol–water partition coefficient (Wildman–Crippen LogP) is 7.81. The van der Waals surface area contributed by atoms with Gasteiger partial charge in [-0.1, -0.05) is 48.0 Å². The second-order valence-electron chi connectivity index (χ2n) is 9.34. The Kier molecular flexibility index (Phi) is 5.61. The van der Waals surface area contributed by atoms with E-state index in [4.69, 9.17) is 21.1 Å². The first-order valence-corrected chi connectivity index (χ1v) is 12.9. The standard InChI is InChI=1S/C31H27ClN2O3/c1-4-34(5-2)27-18-26(19(3)16-25(27)32)33-20-14-15-29-24(17-20)31(23-12-8-9-13-28(23)36-29)22-11-7-6-10-21(22)30(35)37-31/h6-18,33H,4-5H2,1-3H3. The number of carbonyl (C=O) groups is 1. The van der Waals surface area contributed by atoms with Gasteiger partial charge in [0.1, 0.15) is 11.5 Å². The maximum absolute atomic E-state index is 13.1. The zero-order valence-corrected chi connectivity index (χ0v) is 21.7. The van der Waals surface area contributed by atoms with Gasteiger partial charge in [0.2, 0.25) is 0 Å². The molecule has 0 fully saturated rings. The zero-order valence-electron chi connectivity index (χ0n) is 21.0. The molecule has 1 spiro atoms. The molecule has 1 N–H and O–H groups in total. The third-order valence-corrected chi connectivity index (χ3v) is 7.60. The largest absolute Gasteiger partial charge is 0.456 e. The summed E-state index contributed by atoms with van der Waals surface area (Å²) in [6.07, 6.45) is 0. The number of hydrogen-bond donors (Lipinski definition) is 1. The molecule has 0 radical (unpaired) electrons. The topological polar surface area (TPSA) is 50.8 Å². The molecular weight excluding hydrogens is 484 g/mol. The summed E-state index contributed by atoms with van der Waals surface area (Å²) in [5.74, 6) is 0.997. The van der Waals surface area contributed by atoms with E-state index in [0.717, 1.165) is 57.4 Å². The van der Waals surface area contributed by atoms with Crippen molar-refractivity contribution in [3.63, 3.8) is 0 Å². The highest BCUT2D eigenvalue weighted by Gasteiger charge is 2.53. The van der Waals surface area contributed by atoms with Crippen LogP contribution >= 0.6 is 11.6 Å². The summed E-state index contributed by atoms with van der Waals surface area (Å²) < 4.78 is 12.6. The number of ether oxygens (including phenoxy) is 2. The van der Waals surface area contributed by atoms with Gasteiger partial charge in [-0.25, -0.2) is 4.79 Å². The van der Waals surface area contributed by atoms with Crippen LogP contribution in [0.25, 0.3) is 0 Å². The number of para-hydroxylation sites is 1. The number of benzene rings is 4. The highest BCUT2D eigenvalue weighted by Crippen LogP contribution is 2.56. The summed E-state index contributed by atoms with van der Waals surface area (Å²) in [4.78, 5) is 15.3. The van der Waals surface area contributed by atoms with Crippen molar-refractivity contribution in [2.24, 2.45) is 0 Å². The zero-order chi connectivity index (χ0) is 25.7. The number of esters is 1. The molecule has 0 amide bonds. The number of aryl methyl sites for hydroxylation is 1. The van der Waals surface area contributed by atoms with Crippen molar-refractivity contribution in [2.75, 3.05) is 23.3 Å². The van der Waals surface area contributed by atoms with Crippen molar-refractivity contribution >= 4 is 34.6 Å². The molecule has 0 bridgehead atoms. The molecule has 6 heteroatoms. The van der Waals surface area contributed by atoms with E-state index in [2.05, 4.69) is 30.1 Å². The van der Waals surface area contributed by atoms with Crippen LogP contribution in [0.2, 0.25) is 5.02 Å². The van der Waals surface area contributed by atoms with E-state index < -0.39 is 5.60 Å². The van der Waals surface area contributed by atoms with E-state index in [1.165, 1.54) is 0 Å². The molecule has 1 unspecified atom stereocenters. The Morgan fingerprint density at radius 2 is 1.57 bits per heavy atom. The lowest BCUT2D eigenvalue weighted by atomic mass is 9.77. The SMILES string of the molecule is CCN(CC)c1cc(Nc2ccc3c(c2)C2(OC(=O)c4ccccc42)c2ccccc2O3)c(C)cc1Cl. The van der Waals surface area contributed by atoms with Crippen LogP contribution in [0.1, 0.15) is 46.5 Å². The Balaban J connectivity index is 1.49. The quantitative estimate of drug-likeness (QED) is 0.277. The summed E-state index contributed by atoms with van der Waals surface area (Å²) >= 11 is 6.61. The molecule has 186 valence electrons. The summed E-state index contributed by atoms with van der Waals surface area (Å²) in [5, 5.41) is 4.31. The number of anilines is 3. The number of fused-ring (bicyclic) bond motifs is 6. The van der Waals surface area contributed by atoms with Gasteiger partial charge in [-0.3, -0.25) is 0 Å². The second kappa shape index (κ2) is 8.86. The molecule has 0 saturated carbocycles.